The molecule has 1 rings (SSSR count). The molecule has 1 aromatic carbocycles. The first-order valence-electron chi connectivity index (χ1n) is 4.63. The molecule has 9 heteroatoms. The third-order valence-electron chi connectivity index (χ3n) is 1.89. The van der Waals surface area contributed by atoms with Crippen LogP contribution in [0.4, 0.5) is 5.69 Å². The molecule has 0 aliphatic rings. The lowest BCUT2D eigenvalue weighted by Gasteiger charge is -2.04. The van der Waals surface area contributed by atoms with Gasteiger partial charge >= 0.3 is 5.69 Å². The van der Waals surface area contributed by atoms with Gasteiger partial charge in [0.2, 0.25) is 11.7 Å². The summed E-state index contributed by atoms with van der Waals surface area (Å²) >= 11 is 0. The Morgan fingerprint density at radius 3 is 2.72 bits per heavy atom. The quantitative estimate of drug-likeness (QED) is 0.295. The predicted molar refractivity (Wildman–Crippen MR) is 64.7 cm³/mol. The van der Waals surface area contributed by atoms with Gasteiger partial charge in [-0.15, -0.1) is 5.10 Å². The number of hydrogen-bond donors (Lipinski definition) is 3. The molecule has 18 heavy (non-hydrogen) atoms. The van der Waals surface area contributed by atoms with Gasteiger partial charge in [0.25, 0.3) is 0 Å². The lowest BCUT2D eigenvalue weighted by Crippen LogP contribution is -2.21. The Labute approximate surface area is 102 Å². The highest BCUT2D eigenvalue weighted by molar-refractivity contribution is 5.86. The summed E-state index contributed by atoms with van der Waals surface area (Å²) < 4.78 is 4.77. The van der Waals surface area contributed by atoms with E-state index in [-0.39, 0.29) is 28.7 Å². The van der Waals surface area contributed by atoms with Crippen LogP contribution in [-0.2, 0) is 0 Å². The lowest BCUT2D eigenvalue weighted by atomic mass is 10.2. The number of rotatable bonds is 4. The van der Waals surface area contributed by atoms with Crippen LogP contribution in [-0.4, -0.2) is 29.3 Å². The fourth-order valence-electron chi connectivity index (χ4n) is 1.14. The first-order chi connectivity index (χ1) is 8.45. The summed E-state index contributed by atoms with van der Waals surface area (Å²) in [5.41, 5.74) is 9.87. The second kappa shape index (κ2) is 5.48. The van der Waals surface area contributed by atoms with Crippen LogP contribution < -0.4 is 16.2 Å². The zero-order valence-corrected chi connectivity index (χ0v) is 9.40. The number of guanidine groups is 1. The Bertz CT molecular complexity index is 522. The number of aromatic hydroxyl groups is 1. The Hall–Kier alpha value is -2.84. The van der Waals surface area contributed by atoms with Crippen molar-refractivity contribution in [1.82, 2.24) is 0 Å². The number of nitrogens with zero attached hydrogens (tertiary/aromatic N) is 3. The summed E-state index contributed by atoms with van der Waals surface area (Å²) in [6.07, 6.45) is 1.08. The second-order valence-electron chi connectivity index (χ2n) is 3.11. The van der Waals surface area contributed by atoms with Gasteiger partial charge in [0.05, 0.1) is 18.2 Å². The third-order valence-corrected chi connectivity index (χ3v) is 1.89. The first kappa shape index (κ1) is 13.2. The maximum atomic E-state index is 10.8. The van der Waals surface area contributed by atoms with E-state index in [4.69, 9.17) is 16.2 Å². The van der Waals surface area contributed by atoms with Crippen LogP contribution in [0.25, 0.3) is 0 Å². The normalized spacial score (nSPS) is 10.3. The minimum Gasteiger partial charge on any atom is -0.507 e. The minimum absolute atomic E-state index is 0.0588. The first-order valence-corrected chi connectivity index (χ1v) is 4.63. The predicted octanol–water partition coefficient (Wildman–Crippen LogP) is -0.0837. The summed E-state index contributed by atoms with van der Waals surface area (Å²) in [5, 5.41) is 27.1. The van der Waals surface area contributed by atoms with Gasteiger partial charge in [-0.05, 0) is 0 Å². The van der Waals surface area contributed by atoms with Crippen LogP contribution >= 0.6 is 0 Å². The Morgan fingerprint density at radius 2 is 2.22 bits per heavy atom. The number of nitrogens with two attached hydrogens (primary N) is 2. The summed E-state index contributed by atoms with van der Waals surface area (Å²) in [7, 11) is 1.26. The molecule has 0 fully saturated rings. The van der Waals surface area contributed by atoms with Crippen molar-refractivity contribution < 1.29 is 14.8 Å². The zero-order valence-electron chi connectivity index (χ0n) is 9.40. The molecule has 0 spiro atoms. The highest BCUT2D eigenvalue weighted by Gasteiger charge is 2.17. The highest BCUT2D eigenvalue weighted by atomic mass is 16.6. The molecule has 0 unspecified atom stereocenters. The fourth-order valence-corrected chi connectivity index (χ4v) is 1.14. The molecule has 0 saturated heterocycles. The van der Waals surface area contributed by atoms with Gasteiger partial charge in [0.1, 0.15) is 5.75 Å². The molecule has 0 heterocycles. The average Bonchev–Trinajstić information content (AvgIpc) is 2.29. The number of nitro benzene ring substituents is 1. The molecule has 1 aromatic rings. The van der Waals surface area contributed by atoms with E-state index in [1.165, 1.54) is 7.11 Å². The molecule has 0 bridgehead atoms. The van der Waals surface area contributed by atoms with Crippen LogP contribution in [0.1, 0.15) is 5.56 Å². The number of benzene rings is 1. The van der Waals surface area contributed by atoms with Crippen molar-refractivity contribution in [3.63, 3.8) is 0 Å². The molecule has 0 aromatic heterocycles. The van der Waals surface area contributed by atoms with Crippen molar-refractivity contribution in [3.8, 4) is 11.5 Å². The van der Waals surface area contributed by atoms with E-state index in [0.29, 0.717) is 0 Å². The van der Waals surface area contributed by atoms with E-state index in [9.17, 15) is 15.2 Å². The van der Waals surface area contributed by atoms with Crippen molar-refractivity contribution in [2.75, 3.05) is 7.11 Å². The van der Waals surface area contributed by atoms with E-state index >= 15 is 0 Å². The van der Waals surface area contributed by atoms with Crippen molar-refractivity contribution in [2.45, 2.75) is 0 Å². The molecule has 0 saturated carbocycles. The molecule has 5 N–H and O–H groups in total. The molecule has 96 valence electrons. The summed E-state index contributed by atoms with van der Waals surface area (Å²) in [6.45, 7) is 0. The summed E-state index contributed by atoms with van der Waals surface area (Å²) in [5.74, 6) is -0.572. The average molecular weight is 253 g/mol. The molecule has 0 aliphatic carbocycles. The summed E-state index contributed by atoms with van der Waals surface area (Å²) in [4.78, 5) is 10.1. The molecule has 0 amide bonds. The molecule has 0 atom stereocenters. The maximum Gasteiger partial charge on any atom is 0.311 e. The van der Waals surface area contributed by atoms with Crippen molar-refractivity contribution in [3.05, 3.63) is 27.8 Å². The van der Waals surface area contributed by atoms with Crippen LogP contribution in [0.15, 0.2) is 22.3 Å². The van der Waals surface area contributed by atoms with E-state index in [1.807, 2.05) is 0 Å². The van der Waals surface area contributed by atoms with Crippen LogP contribution in [0, 0.1) is 10.1 Å². The Kier molecular flexibility index (Phi) is 4.02. The standard InChI is InChI=1S/C9H11N5O4/c1-18-8-3-7(15)5(2-6(8)14(16)17)4-12-13-9(10)11/h2-4,15H,1H3,(H4,10,11,13)/b12-4+. The summed E-state index contributed by atoms with van der Waals surface area (Å²) in [6, 6.07) is 2.20. The molecule has 9 nitrogen and oxygen atoms in total. The van der Waals surface area contributed by atoms with E-state index in [2.05, 4.69) is 10.2 Å². The van der Waals surface area contributed by atoms with Crippen LogP contribution in [0.2, 0.25) is 0 Å². The monoisotopic (exact) mass is 253 g/mol. The Balaban J connectivity index is 3.21. The van der Waals surface area contributed by atoms with Gasteiger partial charge in [-0.2, -0.15) is 5.10 Å². The van der Waals surface area contributed by atoms with Crippen LogP contribution in [0.5, 0.6) is 11.5 Å². The van der Waals surface area contributed by atoms with Crippen molar-refractivity contribution in [1.29, 1.82) is 0 Å². The molecule has 0 aliphatic heterocycles. The number of hydrogen-bond acceptors (Lipinski definition) is 6. The number of phenols is 1. The molecule has 0 radical (unpaired) electrons. The number of methoxy groups -OCH3 is 1. The van der Waals surface area contributed by atoms with Crippen LogP contribution in [0.3, 0.4) is 0 Å². The smallest absolute Gasteiger partial charge is 0.311 e. The van der Waals surface area contributed by atoms with E-state index < -0.39 is 4.92 Å². The van der Waals surface area contributed by atoms with E-state index in [1.54, 1.807) is 0 Å². The largest absolute Gasteiger partial charge is 0.507 e. The van der Waals surface area contributed by atoms with Crippen molar-refractivity contribution in [2.24, 2.45) is 21.7 Å². The van der Waals surface area contributed by atoms with Gasteiger partial charge in [-0.1, -0.05) is 0 Å². The fraction of sp³-hybridized carbons (Fsp3) is 0.111. The minimum atomic E-state index is -0.643. The third kappa shape index (κ3) is 3.07. The number of ether oxygens (including phenoxy) is 1. The zero-order chi connectivity index (χ0) is 13.7. The van der Waals surface area contributed by atoms with Crippen molar-refractivity contribution >= 4 is 17.9 Å². The van der Waals surface area contributed by atoms with E-state index in [0.717, 1.165) is 18.3 Å². The van der Waals surface area contributed by atoms with Gasteiger partial charge in [-0.3, -0.25) is 10.1 Å². The second-order valence-corrected chi connectivity index (χ2v) is 3.11. The SMILES string of the molecule is COc1cc(O)c(/C=N/N=C(N)N)cc1[N+](=O)[O-]. The molecular weight excluding hydrogens is 242 g/mol. The van der Waals surface area contributed by atoms with Gasteiger partial charge in [0.15, 0.2) is 0 Å². The number of phenolic OH excluding ortho intramolecular Hbond substituents is 1. The van der Waals surface area contributed by atoms with Gasteiger partial charge in [-0.25, -0.2) is 0 Å². The van der Waals surface area contributed by atoms with Gasteiger partial charge in [0, 0.05) is 17.7 Å². The van der Waals surface area contributed by atoms with Gasteiger partial charge < -0.3 is 21.3 Å². The highest BCUT2D eigenvalue weighted by Crippen LogP contribution is 2.32. The topological polar surface area (TPSA) is 149 Å². The molecular formula is C9H11N5O4. The number of nitro groups is 1. The lowest BCUT2D eigenvalue weighted by molar-refractivity contribution is -0.385. The Morgan fingerprint density at radius 1 is 1.56 bits per heavy atom. The maximum absolute atomic E-state index is 10.8.